The maximum Gasteiger partial charge on any atom is 0.614 e. The molecule has 1 fully saturated rings. The van der Waals surface area contributed by atoms with Gasteiger partial charge in [-0.05, 0) is 28.7 Å². The Balaban J connectivity index is 1.33. The van der Waals surface area contributed by atoms with E-state index < -0.39 is 62.4 Å². The van der Waals surface area contributed by atoms with E-state index in [9.17, 15) is 27.6 Å². The molecule has 49 heavy (non-hydrogen) atoms. The minimum Gasteiger partial charge on any atom is -0.464 e. The number of terminal acetylenes is 1. The van der Waals surface area contributed by atoms with Gasteiger partial charge < -0.3 is 20.3 Å². The third-order valence-electron chi connectivity index (χ3n) is 8.33. The van der Waals surface area contributed by atoms with Crippen molar-refractivity contribution in [2.24, 2.45) is 0 Å². The van der Waals surface area contributed by atoms with Gasteiger partial charge in [0, 0.05) is 18.9 Å². The van der Waals surface area contributed by atoms with E-state index in [1.807, 2.05) is 0 Å². The van der Waals surface area contributed by atoms with Crippen molar-refractivity contribution in [3.63, 3.8) is 0 Å². The maximum atomic E-state index is 13.9. The van der Waals surface area contributed by atoms with E-state index in [-0.39, 0.29) is 42.0 Å². The number of anilines is 1. The highest BCUT2D eigenvalue weighted by molar-refractivity contribution is 7.36. The van der Waals surface area contributed by atoms with E-state index in [4.69, 9.17) is 26.2 Å². The molecule has 3 heterocycles. The number of esters is 1. The zero-order valence-electron chi connectivity index (χ0n) is 27.5. The Morgan fingerprint density at radius 3 is 2.45 bits per heavy atom. The number of nitrogen functional groups attached to an aromatic ring is 1. The van der Waals surface area contributed by atoms with Crippen LogP contribution in [0.4, 0.5) is 19.0 Å². The van der Waals surface area contributed by atoms with Crippen LogP contribution in [0.1, 0.15) is 89.3 Å². The van der Waals surface area contributed by atoms with Crippen LogP contribution in [0.25, 0.3) is 11.2 Å². The minimum atomic E-state index is -2.85. The molecule has 3 aromatic rings. The number of fused-ring (bicyclic) bond motifs is 1. The monoisotopic (exact) mass is 707 g/mol. The summed E-state index contributed by atoms with van der Waals surface area (Å²) in [5.74, 6) is -0.304. The second-order valence-electron chi connectivity index (χ2n) is 12.1. The number of aliphatic hydroxyl groups excluding tert-OH is 1. The second kappa shape index (κ2) is 18.4. The lowest BCUT2D eigenvalue weighted by molar-refractivity contribution is -0.145. The fraction of sp³-hybridized carbons (Fsp3) is 0.576. The molecule has 1 unspecified atom stereocenters. The van der Waals surface area contributed by atoms with Crippen molar-refractivity contribution >= 4 is 31.1 Å². The molecule has 266 valence electrons. The van der Waals surface area contributed by atoms with Crippen molar-refractivity contribution in [2.75, 3.05) is 18.9 Å². The summed E-state index contributed by atoms with van der Waals surface area (Å²) in [6.07, 6.45) is 14.3. The molecule has 1 saturated heterocycles. The van der Waals surface area contributed by atoms with E-state index >= 15 is 0 Å². The number of hydrogen-bond donors (Lipinski definition) is 3. The van der Waals surface area contributed by atoms with Crippen LogP contribution in [0, 0.1) is 30.1 Å². The normalized spacial score (nSPS) is 20.0. The summed E-state index contributed by atoms with van der Waals surface area (Å²) in [5, 5.41) is 13.4. The summed E-state index contributed by atoms with van der Waals surface area (Å²) in [7, 11) is -2.85. The zero-order chi connectivity index (χ0) is 35.4. The van der Waals surface area contributed by atoms with Crippen LogP contribution in [0.5, 0.6) is 0 Å². The van der Waals surface area contributed by atoms with Crippen molar-refractivity contribution in [3.8, 4) is 12.3 Å². The molecule has 0 bridgehead atoms. The lowest BCUT2D eigenvalue weighted by Crippen LogP contribution is -2.43. The highest BCUT2D eigenvalue weighted by Gasteiger charge is 2.50. The molecule has 4 rings (SSSR count). The van der Waals surface area contributed by atoms with Gasteiger partial charge in [0.05, 0.1) is 12.9 Å². The van der Waals surface area contributed by atoms with Crippen LogP contribution in [-0.4, -0.2) is 61.6 Å². The number of hydrogen-bond acceptors (Lipinski definition) is 10. The Bertz CT molecular complexity index is 1600. The number of aliphatic hydroxyl groups is 1. The first-order chi connectivity index (χ1) is 23.5. The highest BCUT2D eigenvalue weighted by Crippen LogP contribution is 2.39. The SMILES string of the molecule is C#C[C@]1(CO[P+](=O)N[C@@H](Cc2cc(F)cc(F)c2)C(=O)OCCCCCCCCCCCC)O[C@@H](n2cnc3c(N)nc(F)nc32)C[C@@H]1O. The lowest BCUT2D eigenvalue weighted by Gasteiger charge is -2.24. The van der Waals surface area contributed by atoms with Crippen LogP contribution in [-0.2, 0) is 29.8 Å². The molecule has 1 aliphatic heterocycles. The van der Waals surface area contributed by atoms with Gasteiger partial charge in [0.1, 0.15) is 30.6 Å². The van der Waals surface area contributed by atoms with Gasteiger partial charge in [-0.25, -0.2) is 13.8 Å². The molecule has 0 radical (unpaired) electrons. The molecule has 0 aliphatic carbocycles. The number of nitrogens with two attached hydrogens (primary N) is 1. The summed E-state index contributed by atoms with van der Waals surface area (Å²) in [6.45, 7) is 1.72. The van der Waals surface area contributed by atoms with Crippen molar-refractivity contribution in [3.05, 3.63) is 47.8 Å². The number of imidazole rings is 1. The van der Waals surface area contributed by atoms with Gasteiger partial charge in [0.2, 0.25) is 0 Å². The van der Waals surface area contributed by atoms with E-state index in [0.29, 0.717) is 12.5 Å². The fourth-order valence-corrected chi connectivity index (χ4v) is 6.51. The van der Waals surface area contributed by atoms with Crippen LogP contribution in [0.2, 0.25) is 0 Å². The summed E-state index contributed by atoms with van der Waals surface area (Å²) in [5.41, 5.74) is 4.18. The predicted molar refractivity (Wildman–Crippen MR) is 175 cm³/mol. The Morgan fingerprint density at radius 2 is 1.80 bits per heavy atom. The number of aromatic nitrogens is 4. The van der Waals surface area contributed by atoms with E-state index in [1.54, 1.807) is 0 Å². The van der Waals surface area contributed by atoms with Gasteiger partial charge in [0.15, 0.2) is 28.6 Å². The average molecular weight is 708 g/mol. The summed E-state index contributed by atoms with van der Waals surface area (Å²) in [4.78, 5) is 24.3. The molecule has 12 nitrogen and oxygen atoms in total. The number of nitrogens with zero attached hydrogens (tertiary/aromatic N) is 4. The number of carbonyl (C=O) groups excluding carboxylic acids is 1. The average Bonchev–Trinajstić information content (AvgIpc) is 3.62. The Morgan fingerprint density at radius 1 is 1.14 bits per heavy atom. The van der Waals surface area contributed by atoms with Crippen molar-refractivity contribution < 1.29 is 41.6 Å². The van der Waals surface area contributed by atoms with Crippen molar-refractivity contribution in [1.29, 1.82) is 0 Å². The van der Waals surface area contributed by atoms with Crippen LogP contribution in [0.3, 0.4) is 0 Å². The first-order valence-corrected chi connectivity index (χ1v) is 17.7. The molecule has 0 spiro atoms. The van der Waals surface area contributed by atoms with E-state index in [0.717, 1.165) is 31.4 Å². The quantitative estimate of drug-likeness (QED) is 0.0427. The van der Waals surface area contributed by atoms with E-state index in [1.165, 1.54) is 49.4 Å². The smallest absolute Gasteiger partial charge is 0.464 e. The molecule has 0 amide bonds. The lowest BCUT2D eigenvalue weighted by atomic mass is 9.99. The molecule has 1 aromatic carbocycles. The maximum absolute atomic E-state index is 13.9. The van der Waals surface area contributed by atoms with Crippen LogP contribution < -0.4 is 10.8 Å². The number of halogens is 3. The minimum absolute atomic E-state index is 0.0108. The Kier molecular flexibility index (Phi) is 14.3. The number of benzene rings is 1. The molecule has 1 aliphatic rings. The third kappa shape index (κ3) is 10.7. The topological polar surface area (TPSA) is 164 Å². The van der Waals surface area contributed by atoms with Gasteiger partial charge in [-0.15, -0.1) is 10.9 Å². The second-order valence-corrected chi connectivity index (χ2v) is 13.1. The fourth-order valence-electron chi connectivity index (χ4n) is 5.67. The van der Waals surface area contributed by atoms with Gasteiger partial charge >= 0.3 is 20.2 Å². The molecular weight excluding hydrogens is 664 g/mol. The molecular formula is C33H43F3N6O6P+. The van der Waals surface area contributed by atoms with Crippen LogP contribution >= 0.6 is 8.18 Å². The largest absolute Gasteiger partial charge is 0.614 e. The molecule has 5 atom stereocenters. The molecule has 4 N–H and O–H groups in total. The van der Waals surface area contributed by atoms with Crippen LogP contribution in [0.15, 0.2) is 24.5 Å². The number of unbranched alkanes of at least 4 members (excludes halogenated alkanes) is 9. The summed E-state index contributed by atoms with van der Waals surface area (Å²) >= 11 is 0. The highest BCUT2D eigenvalue weighted by atomic mass is 31.1. The first-order valence-electron chi connectivity index (χ1n) is 16.5. The number of rotatable bonds is 20. The van der Waals surface area contributed by atoms with Gasteiger partial charge in [-0.1, -0.05) is 75.7 Å². The number of carbonyl (C=O) groups is 1. The molecule has 2 aromatic heterocycles. The Hall–Kier alpha value is -3.67. The van der Waals surface area contributed by atoms with Gasteiger partial charge in [0.25, 0.3) is 0 Å². The molecule has 16 heteroatoms. The number of ether oxygens (including phenoxy) is 2. The third-order valence-corrected chi connectivity index (χ3v) is 9.22. The molecule has 0 saturated carbocycles. The first kappa shape index (κ1) is 38.1. The van der Waals surface area contributed by atoms with Crippen molar-refractivity contribution in [1.82, 2.24) is 24.6 Å². The van der Waals surface area contributed by atoms with Crippen molar-refractivity contribution in [2.45, 2.75) is 108 Å². The van der Waals surface area contributed by atoms with E-state index in [2.05, 4.69) is 32.9 Å². The predicted octanol–water partition coefficient (Wildman–Crippen LogP) is 5.82. The standard InChI is InChI=1S/C33H43F3N6O6P/c1-3-5-6-7-8-9-10-11-12-13-14-46-31(44)25(17-22-15-23(34)18-24(35)16-22)41-49(45)47-20-33(4-2)26(43)19-27(48-33)42-21-38-28-29(37)39-32(36)40-30(28)42/h2,15-16,18,21,25-27,43H,3,5-14,17,19-20H2,1H3,(H,41,45)(H2,37,39,40)/q+1/t25-,26-,27+,33+/m0/s1. The summed E-state index contributed by atoms with van der Waals surface area (Å²) < 4.78 is 72.9. The number of nitrogens with one attached hydrogen (secondary N) is 1. The zero-order valence-corrected chi connectivity index (χ0v) is 28.3. The van der Waals surface area contributed by atoms with Gasteiger partial charge in [-0.3, -0.25) is 9.36 Å². The Labute approximate surface area is 284 Å². The summed E-state index contributed by atoms with van der Waals surface area (Å²) in [6, 6.07) is 1.52. The van der Waals surface area contributed by atoms with Gasteiger partial charge in [-0.2, -0.15) is 14.4 Å².